The van der Waals surface area contributed by atoms with E-state index in [4.69, 9.17) is 4.74 Å². The molecule has 3 aliphatic heterocycles. The first-order valence-corrected chi connectivity index (χ1v) is 10.1. The van der Waals surface area contributed by atoms with Crippen LogP contribution in [0.5, 0.6) is 5.88 Å². The van der Waals surface area contributed by atoms with Gasteiger partial charge in [0, 0.05) is 30.5 Å². The smallest absolute Gasteiger partial charge is 0.325 e. The number of amides is 2. The fraction of sp³-hybridized carbons (Fsp3) is 0.391. The number of ether oxygens (including phenoxy) is 1. The number of nitrogens with zero attached hydrogens (tertiary/aromatic N) is 3. The van der Waals surface area contributed by atoms with Gasteiger partial charge in [-0.05, 0) is 60.9 Å². The lowest BCUT2D eigenvalue weighted by molar-refractivity contribution is 0.186. The maximum absolute atomic E-state index is 13.5. The van der Waals surface area contributed by atoms with Crippen molar-refractivity contribution in [1.82, 2.24) is 9.88 Å². The van der Waals surface area contributed by atoms with Gasteiger partial charge < -0.3 is 9.64 Å². The van der Waals surface area contributed by atoms with Crippen LogP contribution in [0.2, 0.25) is 0 Å². The van der Waals surface area contributed by atoms with Crippen LogP contribution in [0, 0.1) is 0 Å². The van der Waals surface area contributed by atoms with E-state index in [2.05, 4.69) is 40.2 Å². The van der Waals surface area contributed by atoms with E-state index in [1.54, 1.807) is 7.11 Å². The predicted octanol–water partition coefficient (Wildman–Crippen LogP) is 4.28. The molecule has 5 nitrogen and oxygen atoms in total. The van der Waals surface area contributed by atoms with Crippen LogP contribution in [0.25, 0.3) is 5.57 Å². The van der Waals surface area contributed by atoms with Crippen LogP contribution < -0.4 is 9.64 Å². The molecule has 2 amide bonds. The van der Waals surface area contributed by atoms with Crippen molar-refractivity contribution in [2.24, 2.45) is 0 Å². The maximum atomic E-state index is 13.5. The summed E-state index contributed by atoms with van der Waals surface area (Å²) in [5, 5.41) is 0. The van der Waals surface area contributed by atoms with Crippen molar-refractivity contribution in [1.29, 1.82) is 0 Å². The maximum Gasteiger partial charge on any atom is 0.325 e. The second-order valence-electron chi connectivity index (χ2n) is 7.86. The highest BCUT2D eigenvalue weighted by atomic mass is 16.5. The van der Waals surface area contributed by atoms with Gasteiger partial charge in [-0.25, -0.2) is 9.78 Å². The molecule has 0 spiro atoms. The van der Waals surface area contributed by atoms with E-state index in [0.717, 1.165) is 49.9 Å². The zero-order valence-electron chi connectivity index (χ0n) is 16.2. The Kier molecular flexibility index (Phi) is 4.30. The lowest BCUT2D eigenvalue weighted by Gasteiger charge is -2.39. The molecule has 1 saturated heterocycles. The third-order valence-electron chi connectivity index (χ3n) is 6.27. The van der Waals surface area contributed by atoms with Crippen molar-refractivity contribution >= 4 is 17.3 Å². The topological polar surface area (TPSA) is 45.7 Å². The van der Waals surface area contributed by atoms with Gasteiger partial charge in [0.05, 0.1) is 13.2 Å². The van der Waals surface area contributed by atoms with Crippen molar-refractivity contribution < 1.29 is 9.53 Å². The summed E-state index contributed by atoms with van der Waals surface area (Å²) < 4.78 is 5.17. The van der Waals surface area contributed by atoms with E-state index in [0.29, 0.717) is 5.88 Å². The predicted molar refractivity (Wildman–Crippen MR) is 110 cm³/mol. The Morgan fingerprint density at radius 1 is 1.18 bits per heavy atom. The number of methoxy groups -OCH3 is 1. The number of fused-ring (bicyclic) bond motifs is 3. The molecule has 5 rings (SSSR count). The van der Waals surface area contributed by atoms with Gasteiger partial charge in [-0.3, -0.25) is 4.90 Å². The lowest BCUT2D eigenvalue weighted by atomic mass is 9.95. The van der Waals surface area contributed by atoms with Gasteiger partial charge in [-0.15, -0.1) is 0 Å². The van der Waals surface area contributed by atoms with Crippen molar-refractivity contribution in [2.75, 3.05) is 18.6 Å². The van der Waals surface area contributed by atoms with Gasteiger partial charge >= 0.3 is 6.03 Å². The summed E-state index contributed by atoms with van der Waals surface area (Å²) in [6.07, 6.45) is 9.25. The molecule has 2 bridgehead atoms. The summed E-state index contributed by atoms with van der Waals surface area (Å²) in [4.78, 5) is 22.0. The molecule has 2 unspecified atom stereocenters. The Balaban J connectivity index is 1.41. The van der Waals surface area contributed by atoms with Gasteiger partial charge in [0.25, 0.3) is 0 Å². The van der Waals surface area contributed by atoms with E-state index >= 15 is 0 Å². The standard InChI is InChI=1S/C23H25N3O2/c1-28-22-11-8-17(15-24-22)18-13-19-9-10-20(14-18)26(19)23(27)25-12-4-6-16-5-2-3-7-21(16)25/h2-3,5,7-8,11,13,15,19-20H,4,6,9-10,12,14H2,1H3. The highest BCUT2D eigenvalue weighted by molar-refractivity contribution is 5.94. The summed E-state index contributed by atoms with van der Waals surface area (Å²) in [6.45, 7) is 0.810. The Bertz CT molecular complexity index is 922. The largest absolute Gasteiger partial charge is 0.481 e. The minimum Gasteiger partial charge on any atom is -0.481 e. The van der Waals surface area contributed by atoms with Crippen LogP contribution >= 0.6 is 0 Å². The third-order valence-corrected chi connectivity index (χ3v) is 6.27. The zero-order chi connectivity index (χ0) is 19.1. The highest BCUT2D eigenvalue weighted by Gasteiger charge is 2.42. The number of carbonyl (C=O) groups excluding carboxylic acids is 1. The van der Waals surface area contributed by atoms with Crippen molar-refractivity contribution in [3.8, 4) is 5.88 Å². The van der Waals surface area contributed by atoms with Gasteiger partial charge in [-0.1, -0.05) is 24.3 Å². The number of hydrogen-bond acceptors (Lipinski definition) is 3. The highest BCUT2D eigenvalue weighted by Crippen LogP contribution is 2.40. The van der Waals surface area contributed by atoms with Crippen molar-refractivity contribution in [3.05, 3.63) is 59.8 Å². The average Bonchev–Trinajstić information content (AvgIpc) is 3.02. The monoisotopic (exact) mass is 375 g/mol. The normalized spacial score (nSPS) is 23.2. The van der Waals surface area contributed by atoms with Crippen molar-refractivity contribution in [2.45, 2.75) is 44.2 Å². The number of anilines is 1. The number of aromatic nitrogens is 1. The Hall–Kier alpha value is -2.82. The van der Waals surface area contributed by atoms with E-state index in [1.807, 2.05) is 23.2 Å². The molecule has 2 atom stereocenters. The molecular weight excluding hydrogens is 350 g/mol. The molecule has 0 aliphatic carbocycles. The first-order chi connectivity index (χ1) is 13.7. The van der Waals surface area contributed by atoms with Crippen molar-refractivity contribution in [3.63, 3.8) is 0 Å². The molecule has 144 valence electrons. The SMILES string of the molecule is COc1ccc(C2=CC3CCC(C2)N3C(=O)N2CCCc3ccccc32)cn1. The molecule has 4 heterocycles. The second kappa shape index (κ2) is 6.97. The van der Waals surface area contributed by atoms with Gasteiger partial charge in [0.15, 0.2) is 0 Å². The first kappa shape index (κ1) is 17.3. The van der Waals surface area contributed by atoms with Gasteiger partial charge in [-0.2, -0.15) is 0 Å². The minimum atomic E-state index is 0.169. The molecule has 1 aromatic carbocycles. The number of rotatable bonds is 2. The molecule has 0 radical (unpaired) electrons. The van der Waals surface area contributed by atoms with Crippen LogP contribution in [0.15, 0.2) is 48.7 Å². The van der Waals surface area contributed by atoms with Gasteiger partial charge in [0.1, 0.15) is 0 Å². The van der Waals surface area contributed by atoms with Gasteiger partial charge in [0.2, 0.25) is 5.88 Å². The molecule has 2 aromatic rings. The Morgan fingerprint density at radius 3 is 2.86 bits per heavy atom. The molecule has 28 heavy (non-hydrogen) atoms. The van der Waals surface area contributed by atoms with Crippen LogP contribution in [0.3, 0.4) is 0 Å². The molecule has 0 saturated carbocycles. The molecule has 5 heteroatoms. The van der Waals surface area contributed by atoms with E-state index in [9.17, 15) is 4.79 Å². The number of hydrogen-bond donors (Lipinski definition) is 0. The van der Waals surface area contributed by atoms with Crippen LogP contribution in [-0.2, 0) is 6.42 Å². The molecule has 3 aliphatic rings. The fourth-order valence-electron chi connectivity index (χ4n) is 4.91. The number of carbonyl (C=O) groups is 1. The van der Waals surface area contributed by atoms with E-state index < -0.39 is 0 Å². The first-order valence-electron chi connectivity index (χ1n) is 10.1. The summed E-state index contributed by atoms with van der Waals surface area (Å²) in [5.41, 5.74) is 4.80. The lowest BCUT2D eigenvalue weighted by Crippen LogP contribution is -2.51. The number of pyridine rings is 1. The van der Waals surface area contributed by atoms with E-state index in [-0.39, 0.29) is 18.1 Å². The summed E-state index contributed by atoms with van der Waals surface area (Å²) in [6, 6.07) is 12.9. The molecule has 1 aromatic heterocycles. The Labute approximate surface area is 165 Å². The quantitative estimate of drug-likeness (QED) is 0.787. The fourth-order valence-corrected chi connectivity index (χ4v) is 4.91. The summed E-state index contributed by atoms with van der Waals surface area (Å²) >= 11 is 0. The van der Waals surface area contributed by atoms with Crippen LogP contribution in [-0.4, -0.2) is 41.7 Å². The molecule has 1 fully saturated rings. The number of para-hydroxylation sites is 1. The Morgan fingerprint density at radius 2 is 2.07 bits per heavy atom. The zero-order valence-corrected chi connectivity index (χ0v) is 16.2. The molecular formula is C23H25N3O2. The van der Waals surface area contributed by atoms with E-state index in [1.165, 1.54) is 11.1 Å². The summed E-state index contributed by atoms with van der Waals surface area (Å²) in [5.74, 6) is 0.628. The number of benzene rings is 1. The third kappa shape index (κ3) is 2.86. The van der Waals surface area contributed by atoms with Crippen LogP contribution in [0.4, 0.5) is 10.5 Å². The minimum absolute atomic E-state index is 0.169. The number of urea groups is 1. The average molecular weight is 375 g/mol. The second-order valence-corrected chi connectivity index (χ2v) is 7.86. The number of aryl methyl sites for hydroxylation is 1. The summed E-state index contributed by atoms with van der Waals surface area (Å²) in [7, 11) is 1.63. The molecule has 0 N–H and O–H groups in total. The van der Waals surface area contributed by atoms with Crippen LogP contribution in [0.1, 0.15) is 36.8 Å².